The summed E-state index contributed by atoms with van der Waals surface area (Å²) in [4.78, 5) is 123. The van der Waals surface area contributed by atoms with Crippen molar-refractivity contribution in [1.82, 2.24) is 0 Å². The molecule has 2 aromatic rings. The lowest BCUT2D eigenvalue weighted by Crippen LogP contribution is -2.36. The minimum absolute atomic E-state index is 1.72. The monoisotopic (exact) mass is 560 g/mol. The number of fused-ring (bicyclic) bond motifs is 2. The highest BCUT2D eigenvalue weighted by molar-refractivity contribution is 6.39. The number of carbonyl (C=O) groups is 10. The Balaban J connectivity index is 2.90. The van der Waals surface area contributed by atoms with Crippen molar-refractivity contribution in [3.8, 4) is 0 Å². The molecule has 1 aliphatic carbocycles. The summed E-state index contributed by atoms with van der Waals surface area (Å²) in [5.74, 6) is -23.8. The van der Waals surface area contributed by atoms with Crippen molar-refractivity contribution in [3.05, 3.63) is 66.8 Å². The van der Waals surface area contributed by atoms with Crippen LogP contribution < -0.4 is 0 Å². The number of benzene rings is 2. The van der Waals surface area contributed by atoms with Crippen LogP contribution in [0.25, 0.3) is 0 Å². The standard InChI is InChI=1S/C22H8O18/c23-13-1-2(6(16(27)28)10(20(35)36)9(19(33)34)5(1)15(25)26)14(24)4-3(13)7(17(29)30)11(21(37)38)12(22(39)40)8(4)18(31)32/h(H,25,26)(H,27,28)(H,29,30)(H,31,32)(H,33,34)(H,35,36)(H,37,38)(H,39,40). The van der Waals surface area contributed by atoms with E-state index in [9.17, 15) is 88.8 Å². The summed E-state index contributed by atoms with van der Waals surface area (Å²) in [7, 11) is 0. The predicted octanol–water partition coefficient (Wildman–Crippen LogP) is 0.0476. The minimum Gasteiger partial charge on any atom is -0.478 e. The normalized spacial score (nSPS) is 11.7. The van der Waals surface area contributed by atoms with Gasteiger partial charge in [-0.05, 0) is 0 Å². The van der Waals surface area contributed by atoms with Crippen LogP contribution in [-0.2, 0) is 0 Å². The molecule has 0 radical (unpaired) electrons. The molecule has 0 saturated carbocycles. The van der Waals surface area contributed by atoms with Crippen molar-refractivity contribution in [2.24, 2.45) is 0 Å². The summed E-state index contributed by atoms with van der Waals surface area (Å²) in [5.41, 5.74) is -21.6. The molecule has 0 spiro atoms. The molecule has 8 N–H and O–H groups in total. The van der Waals surface area contributed by atoms with Crippen LogP contribution in [0.2, 0.25) is 0 Å². The Kier molecular flexibility index (Phi) is 6.42. The maximum atomic E-state index is 13.6. The smallest absolute Gasteiger partial charge is 0.337 e. The zero-order valence-corrected chi connectivity index (χ0v) is 18.7. The van der Waals surface area contributed by atoms with E-state index in [0.717, 1.165) is 0 Å². The van der Waals surface area contributed by atoms with E-state index in [1.807, 2.05) is 0 Å². The molecular formula is C22H8O18. The molecule has 3 rings (SSSR count). The Morgan fingerprint density at radius 2 is 0.400 bits per heavy atom. The zero-order chi connectivity index (χ0) is 30.7. The highest BCUT2D eigenvalue weighted by atomic mass is 16.4. The lowest BCUT2D eigenvalue weighted by molar-refractivity contribution is 0.0613. The quantitative estimate of drug-likeness (QED) is 0.180. The molecule has 0 unspecified atom stereocenters. The van der Waals surface area contributed by atoms with E-state index >= 15 is 0 Å². The largest absolute Gasteiger partial charge is 0.478 e. The van der Waals surface area contributed by atoms with E-state index in [4.69, 9.17) is 0 Å². The molecule has 40 heavy (non-hydrogen) atoms. The van der Waals surface area contributed by atoms with Gasteiger partial charge in [-0.3, -0.25) is 9.59 Å². The number of hydrogen-bond acceptors (Lipinski definition) is 10. The molecule has 2 aromatic carbocycles. The molecule has 204 valence electrons. The maximum absolute atomic E-state index is 13.6. The van der Waals surface area contributed by atoms with E-state index in [0.29, 0.717) is 0 Å². The SMILES string of the molecule is O=C(O)c1c(C(=O)O)c(C(=O)O)c2c(c1C(=O)O)C(=O)c1c(C(=O)O)c(C(=O)O)c(C(=O)O)c(C(=O)O)c1C2=O. The highest BCUT2D eigenvalue weighted by Crippen LogP contribution is 2.41. The van der Waals surface area contributed by atoms with Gasteiger partial charge in [-0.1, -0.05) is 0 Å². The van der Waals surface area contributed by atoms with Gasteiger partial charge in [0.05, 0.1) is 66.8 Å². The van der Waals surface area contributed by atoms with E-state index < -0.39 is 126 Å². The van der Waals surface area contributed by atoms with Gasteiger partial charge in [0.1, 0.15) is 0 Å². The lowest BCUT2D eigenvalue weighted by Gasteiger charge is -2.27. The van der Waals surface area contributed by atoms with Crippen molar-refractivity contribution in [3.63, 3.8) is 0 Å². The Hall–Kier alpha value is -6.46. The number of carbonyl (C=O) groups excluding carboxylic acids is 2. The van der Waals surface area contributed by atoms with E-state index in [-0.39, 0.29) is 0 Å². The van der Waals surface area contributed by atoms with Crippen LogP contribution in [0.4, 0.5) is 0 Å². The zero-order valence-electron chi connectivity index (χ0n) is 18.7. The van der Waals surface area contributed by atoms with Gasteiger partial charge in [0.25, 0.3) is 0 Å². The molecule has 0 bridgehead atoms. The van der Waals surface area contributed by atoms with Crippen molar-refractivity contribution in [1.29, 1.82) is 0 Å². The van der Waals surface area contributed by atoms with Gasteiger partial charge in [-0.15, -0.1) is 0 Å². The van der Waals surface area contributed by atoms with Gasteiger partial charge < -0.3 is 40.9 Å². The van der Waals surface area contributed by atoms with Gasteiger partial charge >= 0.3 is 47.8 Å². The van der Waals surface area contributed by atoms with Crippen molar-refractivity contribution >= 4 is 59.3 Å². The molecule has 0 aromatic heterocycles. The maximum Gasteiger partial charge on any atom is 0.337 e. The molecule has 0 atom stereocenters. The summed E-state index contributed by atoms with van der Waals surface area (Å²) in [6.07, 6.45) is 0. The van der Waals surface area contributed by atoms with Crippen LogP contribution in [0.1, 0.15) is 115 Å². The number of hydrogen-bond donors (Lipinski definition) is 8. The Bertz CT molecular complexity index is 1490. The number of carboxylic acid groups (broad SMARTS) is 8. The second-order valence-corrected chi connectivity index (χ2v) is 7.60. The first-order valence-electron chi connectivity index (χ1n) is 9.83. The topological polar surface area (TPSA) is 333 Å². The fraction of sp³-hybridized carbons (Fsp3) is 0. The van der Waals surface area contributed by atoms with Gasteiger partial charge in [0, 0.05) is 0 Å². The first-order valence-corrected chi connectivity index (χ1v) is 9.83. The highest BCUT2D eigenvalue weighted by Gasteiger charge is 2.49. The van der Waals surface area contributed by atoms with Gasteiger partial charge in [0.2, 0.25) is 0 Å². The average Bonchev–Trinajstić information content (AvgIpc) is 2.82. The van der Waals surface area contributed by atoms with Crippen molar-refractivity contribution < 1.29 is 88.8 Å². The third-order valence-corrected chi connectivity index (χ3v) is 5.62. The molecule has 0 aliphatic heterocycles. The number of rotatable bonds is 8. The second kappa shape index (κ2) is 9.13. The van der Waals surface area contributed by atoms with Gasteiger partial charge in [-0.2, -0.15) is 0 Å². The fourth-order valence-electron chi connectivity index (χ4n) is 4.37. The van der Waals surface area contributed by atoms with Crippen LogP contribution in [-0.4, -0.2) is 100 Å². The minimum atomic E-state index is -2.45. The first kappa shape index (κ1) is 28.1. The number of ketones is 2. The number of aromatic carboxylic acids is 8. The molecule has 1 aliphatic rings. The molecule has 18 heteroatoms. The summed E-state index contributed by atoms with van der Waals surface area (Å²) in [5, 5.41) is 76.9. The van der Waals surface area contributed by atoms with Crippen LogP contribution in [0.3, 0.4) is 0 Å². The molecule has 18 nitrogen and oxygen atoms in total. The summed E-state index contributed by atoms with van der Waals surface area (Å²) in [6, 6.07) is 0. The lowest BCUT2D eigenvalue weighted by atomic mass is 9.71. The summed E-state index contributed by atoms with van der Waals surface area (Å²) < 4.78 is 0. The van der Waals surface area contributed by atoms with Crippen molar-refractivity contribution in [2.45, 2.75) is 0 Å². The molecule has 0 amide bonds. The van der Waals surface area contributed by atoms with Crippen LogP contribution in [0.15, 0.2) is 0 Å². The molecule has 0 fully saturated rings. The van der Waals surface area contributed by atoms with Crippen LogP contribution in [0, 0.1) is 0 Å². The van der Waals surface area contributed by atoms with E-state index in [2.05, 4.69) is 0 Å². The second-order valence-electron chi connectivity index (χ2n) is 7.60. The van der Waals surface area contributed by atoms with Crippen LogP contribution >= 0.6 is 0 Å². The summed E-state index contributed by atoms with van der Waals surface area (Å²) >= 11 is 0. The van der Waals surface area contributed by atoms with E-state index in [1.165, 1.54) is 0 Å². The van der Waals surface area contributed by atoms with E-state index in [1.54, 1.807) is 0 Å². The van der Waals surface area contributed by atoms with Gasteiger partial charge in [-0.25, -0.2) is 38.4 Å². The predicted molar refractivity (Wildman–Crippen MR) is 115 cm³/mol. The average molecular weight is 560 g/mol. The Morgan fingerprint density at radius 3 is 0.500 bits per heavy atom. The van der Waals surface area contributed by atoms with Crippen LogP contribution in [0.5, 0.6) is 0 Å². The first-order chi connectivity index (χ1) is 18.4. The fourth-order valence-corrected chi connectivity index (χ4v) is 4.37. The van der Waals surface area contributed by atoms with Crippen molar-refractivity contribution in [2.75, 3.05) is 0 Å². The Labute approximate surface area is 215 Å². The third-order valence-electron chi connectivity index (χ3n) is 5.62. The molecule has 0 heterocycles. The van der Waals surface area contributed by atoms with Gasteiger partial charge in [0.15, 0.2) is 11.6 Å². The summed E-state index contributed by atoms with van der Waals surface area (Å²) in [6.45, 7) is 0. The Morgan fingerprint density at radius 1 is 0.275 bits per heavy atom. The third kappa shape index (κ3) is 3.67. The molecule has 0 saturated heterocycles. The molecular weight excluding hydrogens is 552 g/mol. The number of carboxylic acids is 8.